The van der Waals surface area contributed by atoms with Crippen molar-refractivity contribution in [2.24, 2.45) is 0 Å². The molecule has 1 aliphatic rings. The van der Waals surface area contributed by atoms with Crippen LogP contribution in [0.25, 0.3) is 0 Å². The summed E-state index contributed by atoms with van der Waals surface area (Å²) in [5.74, 6) is -1.39. The smallest absolute Gasteiger partial charge is 0.355 e. The van der Waals surface area contributed by atoms with Crippen LogP contribution in [0.4, 0.5) is 4.39 Å². The molecule has 30 heavy (non-hydrogen) atoms. The molecule has 1 aliphatic heterocycles. The van der Waals surface area contributed by atoms with Crippen LogP contribution in [0, 0.1) is 19.7 Å². The summed E-state index contributed by atoms with van der Waals surface area (Å²) in [6.45, 7) is 5.14. The van der Waals surface area contributed by atoms with Gasteiger partial charge in [-0.1, -0.05) is 18.2 Å². The predicted octanol–water partition coefficient (Wildman–Crippen LogP) is 3.38. The number of halogens is 1. The molecule has 0 radical (unpaired) electrons. The highest BCUT2D eigenvalue weighted by molar-refractivity contribution is 7.99. The van der Waals surface area contributed by atoms with Gasteiger partial charge in [0.25, 0.3) is 5.91 Å². The highest BCUT2D eigenvalue weighted by atomic mass is 32.2. The van der Waals surface area contributed by atoms with E-state index in [1.807, 2.05) is 0 Å². The monoisotopic (exact) mass is 434 g/mol. The van der Waals surface area contributed by atoms with Gasteiger partial charge in [-0.3, -0.25) is 4.79 Å². The zero-order chi connectivity index (χ0) is 21.8. The summed E-state index contributed by atoms with van der Waals surface area (Å²) in [7, 11) is 0. The number of aromatic nitrogens is 1. The number of hydrogen-bond donors (Lipinski definition) is 1. The van der Waals surface area contributed by atoms with Gasteiger partial charge in [0.15, 0.2) is 6.61 Å². The van der Waals surface area contributed by atoms with Crippen LogP contribution in [0.3, 0.4) is 0 Å². The number of H-pyrrole nitrogens is 1. The second kappa shape index (κ2) is 9.34. The van der Waals surface area contributed by atoms with Gasteiger partial charge in [0, 0.05) is 23.6 Å². The van der Waals surface area contributed by atoms with Gasteiger partial charge in [-0.25, -0.2) is 14.0 Å². The largest absolute Gasteiger partial charge is 0.462 e. The molecule has 1 atom stereocenters. The highest BCUT2D eigenvalue weighted by Gasteiger charge is 2.33. The third-order valence-corrected chi connectivity index (χ3v) is 6.07. The molecule has 1 unspecified atom stereocenters. The molecule has 9 heteroatoms. The van der Waals surface area contributed by atoms with E-state index in [2.05, 4.69) is 4.98 Å². The van der Waals surface area contributed by atoms with Crippen molar-refractivity contribution < 1.29 is 28.2 Å². The quantitative estimate of drug-likeness (QED) is 0.702. The third-order valence-electron chi connectivity index (χ3n) is 4.83. The third kappa shape index (κ3) is 4.35. The van der Waals surface area contributed by atoms with Crippen molar-refractivity contribution in [2.45, 2.75) is 26.1 Å². The fourth-order valence-corrected chi connectivity index (χ4v) is 4.70. The maximum absolute atomic E-state index is 14.1. The number of amides is 1. The Morgan fingerprint density at radius 3 is 2.63 bits per heavy atom. The first-order chi connectivity index (χ1) is 14.3. The van der Waals surface area contributed by atoms with Gasteiger partial charge in [-0.15, -0.1) is 11.8 Å². The number of carbonyl (C=O) groups excluding carboxylic acids is 3. The van der Waals surface area contributed by atoms with Gasteiger partial charge in [0.1, 0.15) is 16.9 Å². The number of nitrogens with one attached hydrogen (secondary N) is 1. The van der Waals surface area contributed by atoms with E-state index in [0.717, 1.165) is 0 Å². The maximum Gasteiger partial charge on any atom is 0.355 e. The topological polar surface area (TPSA) is 88.7 Å². The molecule has 160 valence electrons. The average Bonchev–Trinajstić information content (AvgIpc) is 3.31. The number of aryl methyl sites for hydroxylation is 1. The first-order valence-corrected chi connectivity index (χ1v) is 10.6. The number of carbonyl (C=O) groups is 3. The summed E-state index contributed by atoms with van der Waals surface area (Å²) < 4.78 is 24.3. The van der Waals surface area contributed by atoms with E-state index in [1.54, 1.807) is 39.0 Å². The van der Waals surface area contributed by atoms with E-state index < -0.39 is 29.8 Å². The lowest BCUT2D eigenvalue weighted by Gasteiger charge is -2.24. The van der Waals surface area contributed by atoms with Crippen LogP contribution in [0.2, 0.25) is 0 Å². The Morgan fingerprint density at radius 2 is 1.93 bits per heavy atom. The van der Waals surface area contributed by atoms with Crippen molar-refractivity contribution in [3.05, 3.63) is 58.2 Å². The van der Waals surface area contributed by atoms with Crippen molar-refractivity contribution in [1.29, 1.82) is 0 Å². The number of rotatable bonds is 6. The van der Waals surface area contributed by atoms with Crippen molar-refractivity contribution in [3.63, 3.8) is 0 Å². The van der Waals surface area contributed by atoms with Crippen molar-refractivity contribution in [2.75, 3.05) is 25.5 Å². The Balaban J connectivity index is 1.68. The number of nitrogens with zero attached hydrogens (tertiary/aromatic N) is 1. The lowest BCUT2D eigenvalue weighted by atomic mass is 10.1. The summed E-state index contributed by atoms with van der Waals surface area (Å²) in [5, 5.41) is -0.456. The molecule has 1 fully saturated rings. The molecule has 1 saturated heterocycles. The molecule has 0 saturated carbocycles. The van der Waals surface area contributed by atoms with Gasteiger partial charge in [-0.2, -0.15) is 0 Å². The number of aromatic amines is 1. The van der Waals surface area contributed by atoms with Crippen LogP contribution in [0.5, 0.6) is 0 Å². The number of benzene rings is 1. The van der Waals surface area contributed by atoms with Gasteiger partial charge in [0.2, 0.25) is 0 Å². The van der Waals surface area contributed by atoms with Crippen LogP contribution in [-0.2, 0) is 14.3 Å². The first kappa shape index (κ1) is 21.9. The second-order valence-corrected chi connectivity index (χ2v) is 7.94. The summed E-state index contributed by atoms with van der Waals surface area (Å²) >= 11 is 1.46. The highest BCUT2D eigenvalue weighted by Crippen LogP contribution is 2.38. The molecule has 1 N–H and O–H groups in total. The fourth-order valence-electron chi connectivity index (χ4n) is 3.40. The Hall–Kier alpha value is -2.81. The minimum Gasteiger partial charge on any atom is -0.462 e. The normalized spacial score (nSPS) is 15.9. The van der Waals surface area contributed by atoms with Gasteiger partial charge >= 0.3 is 11.9 Å². The van der Waals surface area contributed by atoms with E-state index in [1.165, 1.54) is 22.7 Å². The number of hydrogen-bond acceptors (Lipinski definition) is 6. The molecule has 1 aromatic heterocycles. The molecule has 1 aromatic carbocycles. The molecule has 0 spiro atoms. The van der Waals surface area contributed by atoms with E-state index in [-0.39, 0.29) is 23.7 Å². The Bertz CT molecular complexity index is 974. The molecular weight excluding hydrogens is 411 g/mol. The molecular formula is C21H23FN2O5S. The lowest BCUT2D eigenvalue weighted by Crippen LogP contribution is -2.34. The Kier molecular flexibility index (Phi) is 6.81. The molecule has 7 nitrogen and oxygen atoms in total. The SMILES string of the molecule is CCOC(=O)c1c(C)[nH]c(C(=O)OCC(=O)N2CCSC2c2ccccc2F)c1C. The molecule has 0 bridgehead atoms. The zero-order valence-electron chi connectivity index (χ0n) is 17.0. The standard InChI is InChI=1S/C21H23FN2O5S/c1-4-28-20(26)17-12(2)18(23-13(17)3)21(27)29-11-16(25)24-9-10-30-19(24)14-7-5-6-8-15(14)22/h5-8,19,23H,4,9-11H2,1-3H3. The number of esters is 2. The molecule has 0 aliphatic carbocycles. The zero-order valence-corrected chi connectivity index (χ0v) is 17.8. The first-order valence-electron chi connectivity index (χ1n) is 9.54. The van der Waals surface area contributed by atoms with E-state index in [4.69, 9.17) is 9.47 Å². The summed E-state index contributed by atoms with van der Waals surface area (Å²) in [4.78, 5) is 41.6. The van der Waals surface area contributed by atoms with Gasteiger partial charge in [0.05, 0.1) is 12.2 Å². The van der Waals surface area contributed by atoms with Gasteiger partial charge in [-0.05, 0) is 32.4 Å². The lowest BCUT2D eigenvalue weighted by molar-refractivity contribution is -0.134. The van der Waals surface area contributed by atoms with Crippen molar-refractivity contribution in [3.8, 4) is 0 Å². The predicted molar refractivity (Wildman–Crippen MR) is 110 cm³/mol. The van der Waals surface area contributed by atoms with E-state index >= 15 is 0 Å². The fraction of sp³-hybridized carbons (Fsp3) is 0.381. The summed E-state index contributed by atoms with van der Waals surface area (Å²) in [5.41, 5.74) is 1.70. The molecule has 2 heterocycles. The second-order valence-electron chi connectivity index (χ2n) is 6.75. The van der Waals surface area contributed by atoms with E-state index in [9.17, 15) is 18.8 Å². The van der Waals surface area contributed by atoms with Crippen LogP contribution in [0.15, 0.2) is 24.3 Å². The molecule has 3 rings (SSSR count). The van der Waals surface area contributed by atoms with Crippen molar-refractivity contribution >= 4 is 29.6 Å². The summed E-state index contributed by atoms with van der Waals surface area (Å²) in [6, 6.07) is 6.32. The summed E-state index contributed by atoms with van der Waals surface area (Å²) in [6.07, 6.45) is 0. The van der Waals surface area contributed by atoms with Crippen LogP contribution >= 0.6 is 11.8 Å². The Morgan fingerprint density at radius 1 is 1.20 bits per heavy atom. The van der Waals surface area contributed by atoms with E-state index in [0.29, 0.717) is 29.1 Å². The minimum absolute atomic E-state index is 0.102. The maximum atomic E-state index is 14.1. The van der Waals surface area contributed by atoms with Crippen LogP contribution in [0.1, 0.15) is 50.0 Å². The Labute approximate surface area is 177 Å². The minimum atomic E-state index is -0.742. The average molecular weight is 434 g/mol. The number of thioether (sulfide) groups is 1. The van der Waals surface area contributed by atoms with Crippen LogP contribution < -0.4 is 0 Å². The molecule has 2 aromatic rings. The van der Waals surface area contributed by atoms with Crippen LogP contribution in [-0.4, -0.2) is 53.2 Å². The van der Waals surface area contributed by atoms with Gasteiger partial charge < -0.3 is 19.4 Å². The number of ether oxygens (including phenoxy) is 2. The van der Waals surface area contributed by atoms with Crippen molar-refractivity contribution in [1.82, 2.24) is 9.88 Å². The molecule has 1 amide bonds.